The Morgan fingerprint density at radius 2 is 2.04 bits per heavy atom. The Morgan fingerprint density at radius 3 is 2.62 bits per heavy atom. The molecule has 0 bridgehead atoms. The smallest absolute Gasteiger partial charge is 0.303 e. The Kier molecular flexibility index (Phi) is 5.79. The van der Waals surface area contributed by atoms with Gasteiger partial charge in [0.15, 0.2) is 0 Å². The van der Waals surface area contributed by atoms with Gasteiger partial charge in [-0.3, -0.25) is 9.59 Å². The van der Waals surface area contributed by atoms with E-state index in [-0.39, 0.29) is 35.2 Å². The van der Waals surface area contributed by atoms with Gasteiger partial charge >= 0.3 is 5.97 Å². The molecule has 2 rings (SSSR count). The summed E-state index contributed by atoms with van der Waals surface area (Å²) in [6, 6.07) is 4.08. The summed E-state index contributed by atoms with van der Waals surface area (Å²) in [4.78, 5) is 22.4. The van der Waals surface area contributed by atoms with Crippen molar-refractivity contribution in [2.45, 2.75) is 36.6 Å². The van der Waals surface area contributed by atoms with E-state index in [1.54, 1.807) is 0 Å². The van der Waals surface area contributed by atoms with Crippen LogP contribution in [-0.2, 0) is 14.8 Å². The van der Waals surface area contributed by atoms with Crippen molar-refractivity contribution in [1.29, 1.82) is 0 Å². The summed E-state index contributed by atoms with van der Waals surface area (Å²) < 4.78 is 32.4. The molecule has 0 spiro atoms. The summed E-state index contributed by atoms with van der Waals surface area (Å²) in [6.45, 7) is 0.194. The standard InChI is InChI=1S/C15H20N2O6S/c1-23-12-7-4-10(15(20)16-8-2-3-14(18)19)9-13(12)24(21,22)17-11-5-6-11/h4,7,9,11,17H,2-3,5-6,8H2,1H3,(H,16,20)(H,18,19). The third-order valence-electron chi connectivity index (χ3n) is 3.47. The highest BCUT2D eigenvalue weighted by Crippen LogP contribution is 2.28. The van der Waals surface area contributed by atoms with Crippen molar-refractivity contribution in [3.63, 3.8) is 0 Å². The van der Waals surface area contributed by atoms with Gasteiger partial charge < -0.3 is 15.2 Å². The number of nitrogens with one attached hydrogen (secondary N) is 2. The Hall–Kier alpha value is -2.13. The number of carboxylic acid groups (broad SMARTS) is 1. The van der Waals surface area contributed by atoms with Gasteiger partial charge in [-0.15, -0.1) is 0 Å². The van der Waals surface area contributed by atoms with Crippen molar-refractivity contribution >= 4 is 21.9 Å². The molecule has 1 saturated carbocycles. The highest BCUT2D eigenvalue weighted by Gasteiger charge is 2.30. The summed E-state index contributed by atoms with van der Waals surface area (Å²) in [5.74, 6) is -1.25. The van der Waals surface area contributed by atoms with E-state index in [2.05, 4.69) is 10.0 Å². The quantitative estimate of drug-likeness (QED) is 0.561. The molecule has 0 radical (unpaired) electrons. The number of sulfonamides is 1. The number of carbonyl (C=O) groups excluding carboxylic acids is 1. The molecule has 9 heteroatoms. The maximum atomic E-state index is 12.4. The number of hydrogen-bond donors (Lipinski definition) is 3. The van der Waals surface area contributed by atoms with Crippen LogP contribution in [-0.4, -0.2) is 45.1 Å². The highest BCUT2D eigenvalue weighted by atomic mass is 32.2. The van der Waals surface area contributed by atoms with Crippen molar-refractivity contribution in [3.05, 3.63) is 23.8 Å². The first-order valence-corrected chi connectivity index (χ1v) is 9.02. The Labute approximate surface area is 140 Å². The number of benzene rings is 1. The molecule has 3 N–H and O–H groups in total. The molecule has 0 unspecified atom stereocenters. The first kappa shape index (κ1) is 18.2. The topological polar surface area (TPSA) is 122 Å². The van der Waals surface area contributed by atoms with Gasteiger partial charge in [0.05, 0.1) is 7.11 Å². The molecule has 1 aliphatic rings. The Morgan fingerprint density at radius 1 is 1.33 bits per heavy atom. The number of rotatable bonds is 9. The maximum Gasteiger partial charge on any atom is 0.303 e. The summed E-state index contributed by atoms with van der Waals surface area (Å²) in [7, 11) is -2.41. The molecule has 0 aliphatic heterocycles. The number of ether oxygens (including phenoxy) is 1. The number of amides is 1. The summed E-state index contributed by atoms with van der Waals surface area (Å²) in [6.07, 6.45) is 1.84. The molecule has 1 aromatic carbocycles. The average molecular weight is 356 g/mol. The molecule has 1 aliphatic carbocycles. The predicted molar refractivity (Wildman–Crippen MR) is 85.5 cm³/mol. The third-order valence-corrected chi connectivity index (χ3v) is 5.01. The van der Waals surface area contributed by atoms with E-state index in [9.17, 15) is 18.0 Å². The molecule has 0 saturated heterocycles. The number of hydrogen-bond acceptors (Lipinski definition) is 5. The number of carboxylic acids is 1. The van der Waals surface area contributed by atoms with Crippen molar-refractivity contribution in [3.8, 4) is 5.75 Å². The van der Waals surface area contributed by atoms with Gasteiger partial charge in [-0.25, -0.2) is 13.1 Å². The van der Waals surface area contributed by atoms with Crippen molar-refractivity contribution in [1.82, 2.24) is 10.0 Å². The highest BCUT2D eigenvalue weighted by molar-refractivity contribution is 7.89. The predicted octanol–water partition coefficient (Wildman–Crippen LogP) is 0.730. The zero-order valence-electron chi connectivity index (χ0n) is 13.2. The maximum absolute atomic E-state index is 12.4. The van der Waals surface area contributed by atoms with Crippen LogP contribution in [0.4, 0.5) is 0 Å². The van der Waals surface area contributed by atoms with Crippen molar-refractivity contribution < 1.29 is 27.9 Å². The van der Waals surface area contributed by atoms with Gasteiger partial charge in [0.1, 0.15) is 10.6 Å². The van der Waals surface area contributed by atoms with Gasteiger partial charge in [-0.1, -0.05) is 0 Å². The number of methoxy groups -OCH3 is 1. The largest absolute Gasteiger partial charge is 0.495 e. The fraction of sp³-hybridized carbons (Fsp3) is 0.467. The number of carbonyl (C=O) groups is 2. The van der Waals surface area contributed by atoms with E-state index in [1.165, 1.54) is 25.3 Å². The SMILES string of the molecule is COc1ccc(C(=O)NCCCC(=O)O)cc1S(=O)(=O)NC1CC1. The van der Waals surface area contributed by atoms with Crippen LogP contribution in [0.25, 0.3) is 0 Å². The van der Waals surface area contributed by atoms with Crippen LogP contribution in [0.3, 0.4) is 0 Å². The van der Waals surface area contributed by atoms with Crippen LogP contribution in [0.15, 0.2) is 23.1 Å². The van der Waals surface area contributed by atoms with E-state index in [4.69, 9.17) is 9.84 Å². The van der Waals surface area contributed by atoms with Gasteiger partial charge in [-0.2, -0.15) is 0 Å². The molecule has 8 nitrogen and oxygen atoms in total. The molecule has 0 aromatic heterocycles. The first-order valence-electron chi connectivity index (χ1n) is 7.54. The van der Waals surface area contributed by atoms with Crippen LogP contribution < -0.4 is 14.8 Å². The van der Waals surface area contributed by atoms with Crippen LogP contribution in [0.5, 0.6) is 5.75 Å². The lowest BCUT2D eigenvalue weighted by atomic mass is 10.2. The normalized spacial score (nSPS) is 14.2. The molecule has 1 aromatic rings. The van der Waals surface area contributed by atoms with Crippen LogP contribution in [0, 0.1) is 0 Å². The lowest BCUT2D eigenvalue weighted by Gasteiger charge is -2.12. The zero-order valence-corrected chi connectivity index (χ0v) is 14.1. The summed E-state index contributed by atoms with van der Waals surface area (Å²) in [5.41, 5.74) is 0.169. The van der Waals surface area contributed by atoms with Crippen molar-refractivity contribution in [2.24, 2.45) is 0 Å². The minimum atomic E-state index is -3.76. The lowest BCUT2D eigenvalue weighted by Crippen LogP contribution is -2.28. The monoisotopic (exact) mass is 356 g/mol. The van der Waals surface area contributed by atoms with E-state index in [1.807, 2.05) is 0 Å². The van der Waals surface area contributed by atoms with Crippen LogP contribution >= 0.6 is 0 Å². The van der Waals surface area contributed by atoms with E-state index < -0.39 is 21.9 Å². The van der Waals surface area contributed by atoms with E-state index in [0.29, 0.717) is 6.42 Å². The molecule has 1 fully saturated rings. The molecule has 1 amide bonds. The molecule has 0 atom stereocenters. The third kappa shape index (κ3) is 4.93. The van der Waals surface area contributed by atoms with Crippen molar-refractivity contribution in [2.75, 3.05) is 13.7 Å². The van der Waals surface area contributed by atoms with Gasteiger partial charge in [-0.05, 0) is 37.5 Å². The summed E-state index contributed by atoms with van der Waals surface area (Å²) in [5, 5.41) is 11.1. The summed E-state index contributed by atoms with van der Waals surface area (Å²) >= 11 is 0. The Balaban J connectivity index is 2.12. The van der Waals surface area contributed by atoms with E-state index in [0.717, 1.165) is 12.8 Å². The molecule has 0 heterocycles. The molecule has 24 heavy (non-hydrogen) atoms. The van der Waals surface area contributed by atoms with Crippen LogP contribution in [0.1, 0.15) is 36.0 Å². The van der Waals surface area contributed by atoms with E-state index >= 15 is 0 Å². The second-order valence-corrected chi connectivity index (χ2v) is 7.20. The second-order valence-electron chi connectivity index (χ2n) is 5.51. The minimum Gasteiger partial charge on any atom is -0.495 e. The number of aliphatic carboxylic acids is 1. The van der Waals surface area contributed by atoms with Gasteiger partial charge in [0.2, 0.25) is 10.0 Å². The second kappa shape index (κ2) is 7.63. The molecular formula is C15H20N2O6S. The van der Waals surface area contributed by atoms with Gasteiger partial charge in [0.25, 0.3) is 5.91 Å². The first-order chi connectivity index (χ1) is 11.3. The van der Waals surface area contributed by atoms with Crippen LogP contribution in [0.2, 0.25) is 0 Å². The fourth-order valence-corrected chi connectivity index (χ4v) is 3.56. The molecule has 132 valence electrons. The zero-order chi connectivity index (χ0) is 17.7. The lowest BCUT2D eigenvalue weighted by molar-refractivity contribution is -0.137. The minimum absolute atomic E-state index is 0.0478. The Bertz CT molecular complexity index is 727. The van der Waals surface area contributed by atoms with Gasteiger partial charge in [0, 0.05) is 24.6 Å². The molecular weight excluding hydrogens is 336 g/mol. The average Bonchev–Trinajstić information content (AvgIpc) is 3.33. The fourth-order valence-electron chi connectivity index (χ4n) is 2.06.